The van der Waals surface area contributed by atoms with E-state index in [1.54, 1.807) is 0 Å². The first kappa shape index (κ1) is 18.1. The van der Waals surface area contributed by atoms with Crippen LogP contribution >= 0.6 is 9.47 Å². The number of unbranched alkanes of at least 4 members (excludes halogenated alkanes) is 8. The molecule has 0 aromatic rings. The van der Waals surface area contributed by atoms with E-state index in [0.717, 1.165) is 18.6 Å². The summed E-state index contributed by atoms with van der Waals surface area (Å²) >= 11 is 0. The van der Waals surface area contributed by atoms with Gasteiger partial charge in [-0.2, -0.15) is 0 Å². The first-order valence-corrected chi connectivity index (χ1v) is 8.07. The molecular weight excluding hydrogens is 241 g/mol. The van der Waals surface area contributed by atoms with Crippen molar-refractivity contribution in [2.45, 2.75) is 90.6 Å². The third-order valence-corrected chi connectivity index (χ3v) is 3.74. The van der Waals surface area contributed by atoms with Gasteiger partial charge >= 0.3 is 0 Å². The van der Waals surface area contributed by atoms with E-state index < -0.39 is 0 Å². The molecule has 1 N–H and O–H groups in total. The molecule has 0 heterocycles. The molecule has 3 heteroatoms. The Hall–Kier alpha value is 0.0600. The molecule has 0 bridgehead atoms. The van der Waals surface area contributed by atoms with Crippen LogP contribution in [0.25, 0.3) is 0 Å². The van der Waals surface area contributed by atoms with E-state index in [-0.39, 0.29) is 6.10 Å². The van der Waals surface area contributed by atoms with Gasteiger partial charge < -0.3 is 9.93 Å². The van der Waals surface area contributed by atoms with Crippen molar-refractivity contribution < 1.29 is 4.52 Å². The molecule has 0 saturated heterocycles. The van der Waals surface area contributed by atoms with E-state index in [2.05, 4.69) is 16.4 Å². The second kappa shape index (κ2) is 13.5. The fraction of sp³-hybridized carbons (Fsp3) is 0.933. The highest BCUT2D eigenvalue weighted by Crippen LogP contribution is 2.15. The van der Waals surface area contributed by atoms with Crippen molar-refractivity contribution in [3.05, 3.63) is 0 Å². The summed E-state index contributed by atoms with van der Waals surface area (Å²) in [4.78, 5) is 0. The molecule has 108 valence electrons. The topological polar surface area (TPSA) is 33.1 Å². The largest absolute Gasteiger partial charge is 0.362 e. The summed E-state index contributed by atoms with van der Waals surface area (Å²) < 4.78 is 5.31. The molecule has 0 aliphatic heterocycles. The van der Waals surface area contributed by atoms with Crippen LogP contribution in [-0.4, -0.2) is 11.8 Å². The fourth-order valence-electron chi connectivity index (χ4n) is 2.24. The van der Waals surface area contributed by atoms with Crippen LogP contribution in [0.5, 0.6) is 0 Å². The number of hydrogen-bond donors (Lipinski definition) is 1. The number of hydrogen-bond acceptors (Lipinski definition) is 2. The smallest absolute Gasteiger partial charge is 0.0662 e. The Morgan fingerprint density at radius 2 is 1.50 bits per heavy atom. The molecule has 2 atom stereocenters. The molecule has 0 aromatic carbocycles. The minimum atomic E-state index is 0.233. The minimum absolute atomic E-state index is 0.233. The van der Waals surface area contributed by atoms with Gasteiger partial charge in [0.1, 0.15) is 0 Å². The zero-order chi connectivity index (χ0) is 13.6. The van der Waals surface area contributed by atoms with Gasteiger partial charge in [-0.05, 0) is 13.3 Å². The predicted octanol–water partition coefficient (Wildman–Crippen LogP) is 5.51. The van der Waals surface area contributed by atoms with Gasteiger partial charge in [0.05, 0.1) is 6.10 Å². The highest BCUT2D eigenvalue weighted by Gasteiger charge is 2.07. The Labute approximate surface area is 116 Å². The Bertz CT molecular complexity index is 197. The lowest BCUT2D eigenvalue weighted by molar-refractivity contribution is 0.229. The van der Waals surface area contributed by atoms with Crippen LogP contribution < -0.4 is 0 Å². The Morgan fingerprint density at radius 3 is 1.94 bits per heavy atom. The van der Waals surface area contributed by atoms with Gasteiger partial charge in [0.25, 0.3) is 0 Å². The summed E-state index contributed by atoms with van der Waals surface area (Å²) in [5, 5.41) is 7.47. The van der Waals surface area contributed by atoms with Crippen LogP contribution in [0.1, 0.15) is 84.5 Å². The van der Waals surface area contributed by atoms with Crippen molar-refractivity contribution in [3.63, 3.8) is 0 Å². The second-order valence-electron chi connectivity index (χ2n) is 5.36. The van der Waals surface area contributed by atoms with Gasteiger partial charge in [0.15, 0.2) is 0 Å². The zero-order valence-electron chi connectivity index (χ0n) is 12.3. The summed E-state index contributed by atoms with van der Waals surface area (Å²) in [6, 6.07) is 0. The van der Waals surface area contributed by atoms with Crippen LogP contribution in [0, 0.1) is 5.41 Å². The van der Waals surface area contributed by atoms with E-state index >= 15 is 0 Å². The van der Waals surface area contributed by atoms with E-state index in [1.165, 1.54) is 57.8 Å². The van der Waals surface area contributed by atoms with Gasteiger partial charge in [-0.15, -0.1) is 0 Å². The highest BCUT2D eigenvalue weighted by atomic mass is 31.0. The summed E-state index contributed by atoms with van der Waals surface area (Å²) in [5.41, 5.74) is 0.721. The normalized spacial score (nSPS) is 12.6. The second-order valence-corrected chi connectivity index (χ2v) is 5.63. The highest BCUT2D eigenvalue weighted by molar-refractivity contribution is 7.09. The van der Waals surface area contributed by atoms with Crippen molar-refractivity contribution in [1.29, 1.82) is 5.41 Å². The predicted molar refractivity (Wildman–Crippen MR) is 84.4 cm³/mol. The monoisotopic (exact) mass is 273 g/mol. The van der Waals surface area contributed by atoms with Gasteiger partial charge in [-0.25, -0.2) is 0 Å². The van der Waals surface area contributed by atoms with Crippen LogP contribution in [0.4, 0.5) is 0 Å². The lowest BCUT2D eigenvalue weighted by atomic mass is 10.0. The third-order valence-electron chi connectivity index (χ3n) is 3.36. The molecule has 18 heavy (non-hydrogen) atoms. The first-order valence-electron chi connectivity index (χ1n) is 7.60. The Morgan fingerprint density at radius 1 is 1.00 bits per heavy atom. The molecular formula is C15H32NOP. The lowest BCUT2D eigenvalue weighted by Crippen LogP contribution is -2.11. The van der Waals surface area contributed by atoms with Crippen molar-refractivity contribution in [2.24, 2.45) is 0 Å². The van der Waals surface area contributed by atoms with Crippen molar-refractivity contribution >= 4 is 15.2 Å². The quantitative estimate of drug-likeness (QED) is 0.268. The molecule has 2 unspecified atom stereocenters. The van der Waals surface area contributed by atoms with Crippen LogP contribution in [0.2, 0.25) is 0 Å². The van der Waals surface area contributed by atoms with Gasteiger partial charge in [-0.1, -0.05) is 64.7 Å². The van der Waals surface area contributed by atoms with Gasteiger partial charge in [0.2, 0.25) is 0 Å². The standard InChI is InChI=1S/C15H32NOP/c1-3-4-5-6-7-8-9-10-11-12-15(17-18)13-14(2)16/h15-16H,3-13,18H2,1-2H3. The summed E-state index contributed by atoms with van der Waals surface area (Å²) in [5.74, 6) is 0. The average molecular weight is 273 g/mol. The molecule has 0 radical (unpaired) electrons. The fourth-order valence-corrected chi connectivity index (χ4v) is 2.47. The summed E-state index contributed by atoms with van der Waals surface area (Å²) in [7, 11) is 2.34. The zero-order valence-corrected chi connectivity index (χ0v) is 13.5. The van der Waals surface area contributed by atoms with E-state index in [4.69, 9.17) is 9.93 Å². The molecule has 0 fully saturated rings. The SMILES string of the molecule is CCCCCCCCCCCC(CC(C)=N)OP. The van der Waals surface area contributed by atoms with E-state index in [9.17, 15) is 0 Å². The third kappa shape index (κ3) is 12.5. The maximum atomic E-state index is 7.47. The first-order chi connectivity index (χ1) is 8.70. The van der Waals surface area contributed by atoms with Crippen molar-refractivity contribution in [1.82, 2.24) is 0 Å². The maximum Gasteiger partial charge on any atom is 0.0662 e. The van der Waals surface area contributed by atoms with Gasteiger partial charge in [-0.3, -0.25) is 0 Å². The minimum Gasteiger partial charge on any atom is -0.362 e. The van der Waals surface area contributed by atoms with Crippen LogP contribution in [-0.2, 0) is 4.52 Å². The van der Waals surface area contributed by atoms with Crippen molar-refractivity contribution in [2.75, 3.05) is 0 Å². The molecule has 0 aliphatic carbocycles. The van der Waals surface area contributed by atoms with Crippen molar-refractivity contribution in [3.8, 4) is 0 Å². The number of nitrogens with one attached hydrogen (secondary N) is 1. The van der Waals surface area contributed by atoms with Crippen LogP contribution in [0.3, 0.4) is 0 Å². The molecule has 0 aliphatic rings. The van der Waals surface area contributed by atoms with Gasteiger partial charge in [0, 0.05) is 21.6 Å². The number of rotatable bonds is 13. The molecule has 0 saturated carbocycles. The molecule has 0 amide bonds. The Kier molecular flexibility index (Phi) is 13.5. The Balaban J connectivity index is 3.25. The molecule has 0 rings (SSSR count). The van der Waals surface area contributed by atoms with Crippen LogP contribution in [0.15, 0.2) is 0 Å². The lowest BCUT2D eigenvalue weighted by Gasteiger charge is -2.13. The summed E-state index contributed by atoms with van der Waals surface area (Å²) in [6.45, 7) is 4.12. The average Bonchev–Trinajstić information content (AvgIpc) is 2.35. The molecule has 0 spiro atoms. The van der Waals surface area contributed by atoms with E-state index in [1.807, 2.05) is 6.92 Å². The maximum absolute atomic E-state index is 7.47. The molecule has 2 nitrogen and oxygen atoms in total. The molecule has 0 aromatic heterocycles. The summed E-state index contributed by atoms with van der Waals surface area (Å²) in [6.07, 6.45) is 14.4. The van der Waals surface area contributed by atoms with E-state index in [0.29, 0.717) is 0 Å².